The van der Waals surface area contributed by atoms with E-state index in [1.807, 2.05) is 0 Å². The molecular weight excluding hydrogens is 865 g/mol. The molecule has 0 bridgehead atoms. The Bertz CT molecular complexity index is 1130. The van der Waals surface area contributed by atoms with E-state index in [1.165, 1.54) is 231 Å². The van der Waals surface area contributed by atoms with Gasteiger partial charge in [-0.05, 0) is 51.4 Å². The molecule has 1 unspecified atom stereocenters. The summed E-state index contributed by atoms with van der Waals surface area (Å²) in [4.78, 5) is 38.2. The van der Waals surface area contributed by atoms with Gasteiger partial charge in [-0.15, -0.1) is 0 Å². The van der Waals surface area contributed by atoms with Gasteiger partial charge in [0.1, 0.15) is 13.2 Å². The summed E-state index contributed by atoms with van der Waals surface area (Å²) in [5, 5.41) is 0. The highest BCUT2D eigenvalue weighted by atomic mass is 16.6. The van der Waals surface area contributed by atoms with Crippen LogP contribution < -0.4 is 0 Å². The maximum atomic E-state index is 12.9. The molecule has 0 radical (unpaired) electrons. The Morgan fingerprint density at radius 3 is 0.814 bits per heavy atom. The van der Waals surface area contributed by atoms with Crippen LogP contribution in [0.1, 0.15) is 348 Å². The van der Waals surface area contributed by atoms with E-state index in [9.17, 15) is 14.4 Å². The molecule has 0 aliphatic rings. The molecule has 0 N–H and O–H groups in total. The Hall–Kier alpha value is -2.11. The molecule has 0 heterocycles. The molecule has 1 atom stereocenters. The first kappa shape index (κ1) is 67.9. The number of hydrogen-bond donors (Lipinski definition) is 0. The van der Waals surface area contributed by atoms with Gasteiger partial charge in [0.25, 0.3) is 0 Å². The molecule has 0 aromatic carbocycles. The van der Waals surface area contributed by atoms with Crippen LogP contribution in [0.15, 0.2) is 24.3 Å². The van der Waals surface area contributed by atoms with Crippen molar-refractivity contribution in [3.05, 3.63) is 24.3 Å². The third-order valence-electron chi connectivity index (χ3n) is 14.2. The molecule has 0 spiro atoms. The molecule has 0 aromatic heterocycles. The monoisotopic (exact) mass is 985 g/mol. The zero-order chi connectivity index (χ0) is 50.7. The fourth-order valence-electron chi connectivity index (χ4n) is 9.48. The molecular formula is C64H120O6. The van der Waals surface area contributed by atoms with E-state index in [0.29, 0.717) is 19.3 Å². The highest BCUT2D eigenvalue weighted by Crippen LogP contribution is 2.18. The van der Waals surface area contributed by atoms with Gasteiger partial charge in [-0.1, -0.05) is 302 Å². The van der Waals surface area contributed by atoms with Crippen molar-refractivity contribution < 1.29 is 28.6 Å². The van der Waals surface area contributed by atoms with Crippen LogP contribution in [0.5, 0.6) is 0 Å². The van der Waals surface area contributed by atoms with E-state index in [4.69, 9.17) is 14.2 Å². The second kappa shape index (κ2) is 59.5. The molecule has 0 aliphatic heterocycles. The standard InChI is InChI=1S/C64H120O6/c1-4-7-10-13-16-19-22-25-28-29-30-31-32-33-34-35-37-39-42-45-48-51-54-57-63(66)69-60-61(59-68-62(65)56-53-50-47-44-41-38-27-24-21-18-15-12-9-6-3)70-64(67)58-55-52-49-46-43-40-36-26-23-20-17-14-11-8-5-2/h17,20,26,36,61H,4-16,18-19,21-25,27-35,37-60H2,1-3H3/b20-17-,36-26-. The average molecular weight is 986 g/mol. The maximum Gasteiger partial charge on any atom is 0.306 e. The lowest BCUT2D eigenvalue weighted by molar-refractivity contribution is -0.167. The van der Waals surface area contributed by atoms with E-state index in [-0.39, 0.29) is 31.1 Å². The number of esters is 3. The highest BCUT2D eigenvalue weighted by Gasteiger charge is 2.19. The fourth-order valence-corrected chi connectivity index (χ4v) is 9.48. The fraction of sp³-hybridized carbons (Fsp3) is 0.891. The highest BCUT2D eigenvalue weighted by molar-refractivity contribution is 5.71. The van der Waals surface area contributed by atoms with E-state index >= 15 is 0 Å². The maximum absolute atomic E-state index is 12.9. The molecule has 0 saturated carbocycles. The second-order valence-electron chi connectivity index (χ2n) is 21.3. The first-order valence-corrected chi connectivity index (χ1v) is 31.3. The predicted octanol–water partition coefficient (Wildman–Crippen LogP) is 21.1. The van der Waals surface area contributed by atoms with Crippen LogP contribution in [-0.2, 0) is 28.6 Å². The smallest absolute Gasteiger partial charge is 0.306 e. The molecule has 6 heteroatoms. The van der Waals surface area contributed by atoms with Crippen LogP contribution in [0.3, 0.4) is 0 Å². The lowest BCUT2D eigenvalue weighted by Crippen LogP contribution is -2.30. The van der Waals surface area contributed by atoms with Crippen molar-refractivity contribution in [2.24, 2.45) is 0 Å². The summed E-state index contributed by atoms with van der Waals surface area (Å²) >= 11 is 0. The number of unbranched alkanes of at least 4 members (excludes halogenated alkanes) is 43. The summed E-state index contributed by atoms with van der Waals surface area (Å²) in [6.07, 6.45) is 70.4. The van der Waals surface area contributed by atoms with Gasteiger partial charge >= 0.3 is 17.9 Å². The topological polar surface area (TPSA) is 78.9 Å². The molecule has 412 valence electrons. The number of hydrogen-bond acceptors (Lipinski definition) is 6. The van der Waals surface area contributed by atoms with Gasteiger partial charge in [0.15, 0.2) is 6.10 Å². The van der Waals surface area contributed by atoms with Crippen molar-refractivity contribution in [1.29, 1.82) is 0 Å². The minimum absolute atomic E-state index is 0.0712. The average Bonchev–Trinajstić information content (AvgIpc) is 3.36. The summed E-state index contributed by atoms with van der Waals surface area (Å²) in [7, 11) is 0. The Labute approximate surface area is 436 Å². The van der Waals surface area contributed by atoms with Gasteiger partial charge in [0.05, 0.1) is 0 Å². The number of rotatable bonds is 58. The van der Waals surface area contributed by atoms with Crippen molar-refractivity contribution in [3.63, 3.8) is 0 Å². The van der Waals surface area contributed by atoms with Gasteiger partial charge in [0, 0.05) is 19.3 Å². The number of carbonyl (C=O) groups excluding carboxylic acids is 3. The summed E-state index contributed by atoms with van der Waals surface area (Å²) in [5.74, 6) is -0.860. The lowest BCUT2D eigenvalue weighted by atomic mass is 10.0. The van der Waals surface area contributed by atoms with Crippen LogP contribution in [0.4, 0.5) is 0 Å². The predicted molar refractivity (Wildman–Crippen MR) is 303 cm³/mol. The summed E-state index contributed by atoms with van der Waals surface area (Å²) < 4.78 is 16.9. The number of carbonyl (C=O) groups is 3. The van der Waals surface area contributed by atoms with Crippen molar-refractivity contribution >= 4 is 17.9 Å². The minimum atomic E-state index is -0.774. The first-order chi connectivity index (χ1) is 34.5. The molecule has 0 aliphatic carbocycles. The third kappa shape index (κ3) is 56.8. The zero-order valence-electron chi connectivity index (χ0n) is 47.3. The van der Waals surface area contributed by atoms with Gasteiger partial charge < -0.3 is 14.2 Å². The van der Waals surface area contributed by atoms with E-state index in [2.05, 4.69) is 45.1 Å². The van der Waals surface area contributed by atoms with Crippen LogP contribution in [-0.4, -0.2) is 37.2 Å². The summed E-state index contributed by atoms with van der Waals surface area (Å²) in [6.45, 7) is 6.67. The first-order valence-electron chi connectivity index (χ1n) is 31.3. The Balaban J connectivity index is 4.25. The number of allylic oxidation sites excluding steroid dienone is 4. The van der Waals surface area contributed by atoms with Crippen molar-refractivity contribution in [2.75, 3.05) is 13.2 Å². The molecule has 70 heavy (non-hydrogen) atoms. The van der Waals surface area contributed by atoms with Gasteiger partial charge in [-0.2, -0.15) is 0 Å². The molecule has 0 aromatic rings. The molecule has 0 amide bonds. The molecule has 0 rings (SSSR count). The normalized spacial score (nSPS) is 12.1. The quantitative estimate of drug-likeness (QED) is 0.0261. The lowest BCUT2D eigenvalue weighted by Gasteiger charge is -2.18. The van der Waals surface area contributed by atoms with Crippen LogP contribution >= 0.6 is 0 Å². The molecule has 6 nitrogen and oxygen atoms in total. The second-order valence-corrected chi connectivity index (χ2v) is 21.3. The number of ether oxygens (including phenoxy) is 3. The summed E-state index contributed by atoms with van der Waals surface area (Å²) in [6, 6.07) is 0. The SMILES string of the molecule is CCCCC/C=C\C/C=C\CCCCCCCC(=O)OC(COC(=O)CCCCCCCCCCCCCCCC)COC(=O)CCCCCCCCCCCCCCCCCCCCCCCCC. The van der Waals surface area contributed by atoms with E-state index in [1.54, 1.807) is 0 Å². The van der Waals surface area contributed by atoms with Crippen LogP contribution in [0, 0.1) is 0 Å². The Morgan fingerprint density at radius 2 is 0.514 bits per heavy atom. The van der Waals surface area contributed by atoms with Crippen LogP contribution in [0.25, 0.3) is 0 Å². The van der Waals surface area contributed by atoms with Gasteiger partial charge in [-0.3, -0.25) is 14.4 Å². The van der Waals surface area contributed by atoms with E-state index in [0.717, 1.165) is 77.0 Å². The Kier molecular flexibility index (Phi) is 57.7. The van der Waals surface area contributed by atoms with Gasteiger partial charge in [0.2, 0.25) is 0 Å². The Morgan fingerprint density at radius 1 is 0.286 bits per heavy atom. The largest absolute Gasteiger partial charge is 0.462 e. The van der Waals surface area contributed by atoms with E-state index < -0.39 is 6.10 Å². The van der Waals surface area contributed by atoms with Crippen molar-refractivity contribution in [3.8, 4) is 0 Å². The third-order valence-corrected chi connectivity index (χ3v) is 14.2. The minimum Gasteiger partial charge on any atom is -0.462 e. The van der Waals surface area contributed by atoms with Crippen LogP contribution in [0.2, 0.25) is 0 Å². The van der Waals surface area contributed by atoms with Gasteiger partial charge in [-0.25, -0.2) is 0 Å². The van der Waals surface area contributed by atoms with Crippen molar-refractivity contribution in [2.45, 2.75) is 354 Å². The summed E-state index contributed by atoms with van der Waals surface area (Å²) in [5.41, 5.74) is 0. The molecule has 0 fully saturated rings. The zero-order valence-corrected chi connectivity index (χ0v) is 47.3. The molecule has 0 saturated heterocycles. The van der Waals surface area contributed by atoms with Crippen molar-refractivity contribution in [1.82, 2.24) is 0 Å².